The molecule has 0 radical (unpaired) electrons. The molecule has 18 heavy (non-hydrogen) atoms. The maximum absolute atomic E-state index is 12.8. The van der Waals surface area contributed by atoms with Gasteiger partial charge in [-0.25, -0.2) is 0 Å². The van der Waals surface area contributed by atoms with Crippen molar-refractivity contribution in [2.24, 2.45) is 5.41 Å². The molecule has 0 aromatic heterocycles. The molecule has 0 bridgehead atoms. The van der Waals surface area contributed by atoms with E-state index >= 15 is 0 Å². The van der Waals surface area contributed by atoms with Gasteiger partial charge in [0.2, 0.25) is 5.91 Å². The first kappa shape index (κ1) is 14.2. The van der Waals surface area contributed by atoms with Crippen molar-refractivity contribution in [1.29, 1.82) is 0 Å². The molecule has 0 aliphatic carbocycles. The van der Waals surface area contributed by atoms with Crippen molar-refractivity contribution < 1.29 is 4.79 Å². The summed E-state index contributed by atoms with van der Waals surface area (Å²) in [5.41, 5.74) is -0.112. The molecule has 1 N–H and O–H groups in total. The van der Waals surface area contributed by atoms with Crippen molar-refractivity contribution in [2.45, 2.75) is 44.8 Å². The molecule has 1 atom stereocenters. The summed E-state index contributed by atoms with van der Waals surface area (Å²) in [6.45, 7) is 10.5. The Hall–Kier alpha value is -0.220. The van der Waals surface area contributed by atoms with E-state index in [1.807, 2.05) is 11.8 Å². The summed E-state index contributed by atoms with van der Waals surface area (Å²) in [6.07, 6.45) is 3.08. The first-order chi connectivity index (χ1) is 8.49. The molecule has 0 aromatic carbocycles. The molecule has 0 spiro atoms. The van der Waals surface area contributed by atoms with Crippen LogP contribution >= 0.6 is 11.8 Å². The zero-order valence-electron chi connectivity index (χ0n) is 11.9. The van der Waals surface area contributed by atoms with E-state index in [0.29, 0.717) is 10.7 Å². The van der Waals surface area contributed by atoms with E-state index in [1.165, 1.54) is 0 Å². The van der Waals surface area contributed by atoms with Crippen molar-refractivity contribution >= 4 is 17.7 Å². The topological polar surface area (TPSA) is 32.3 Å². The predicted octanol–water partition coefficient (Wildman–Crippen LogP) is 2.12. The highest BCUT2D eigenvalue weighted by atomic mass is 32.2. The van der Waals surface area contributed by atoms with Gasteiger partial charge in [-0.3, -0.25) is 4.79 Å². The molecule has 0 aromatic rings. The van der Waals surface area contributed by atoms with Crippen LogP contribution in [0.5, 0.6) is 0 Å². The monoisotopic (exact) mass is 270 g/mol. The van der Waals surface area contributed by atoms with Crippen LogP contribution in [0.2, 0.25) is 0 Å². The van der Waals surface area contributed by atoms with Crippen LogP contribution in [0.1, 0.15) is 40.0 Å². The quantitative estimate of drug-likeness (QED) is 0.834. The molecule has 2 fully saturated rings. The van der Waals surface area contributed by atoms with Gasteiger partial charge in [-0.05, 0) is 25.8 Å². The van der Waals surface area contributed by atoms with E-state index < -0.39 is 0 Å². The normalized spacial score (nSPS) is 32.3. The Morgan fingerprint density at radius 1 is 1.33 bits per heavy atom. The Labute approximate surface area is 115 Å². The summed E-state index contributed by atoms with van der Waals surface area (Å²) in [5, 5.41) is 3.36. The SMILES string of the molecule is CCC1(C(=O)N2CCSC(C)(C)CC2)CCNC1. The lowest BCUT2D eigenvalue weighted by molar-refractivity contribution is -0.141. The van der Waals surface area contributed by atoms with Crippen LogP contribution < -0.4 is 5.32 Å². The van der Waals surface area contributed by atoms with Gasteiger partial charge in [-0.1, -0.05) is 20.8 Å². The summed E-state index contributed by atoms with van der Waals surface area (Å²) in [7, 11) is 0. The molecule has 0 saturated carbocycles. The van der Waals surface area contributed by atoms with Crippen LogP contribution in [0.3, 0.4) is 0 Å². The van der Waals surface area contributed by atoms with Gasteiger partial charge in [0, 0.05) is 30.1 Å². The van der Waals surface area contributed by atoms with Gasteiger partial charge in [0.25, 0.3) is 0 Å². The van der Waals surface area contributed by atoms with Gasteiger partial charge in [-0.2, -0.15) is 11.8 Å². The second kappa shape index (κ2) is 5.41. The summed E-state index contributed by atoms with van der Waals surface area (Å²) in [6, 6.07) is 0. The number of thioether (sulfide) groups is 1. The minimum atomic E-state index is -0.112. The number of hydrogen-bond acceptors (Lipinski definition) is 3. The smallest absolute Gasteiger partial charge is 0.230 e. The zero-order chi connectivity index (χ0) is 13.2. The van der Waals surface area contributed by atoms with Gasteiger partial charge in [-0.15, -0.1) is 0 Å². The van der Waals surface area contributed by atoms with Gasteiger partial charge in [0.05, 0.1) is 5.41 Å². The lowest BCUT2D eigenvalue weighted by atomic mass is 9.82. The van der Waals surface area contributed by atoms with E-state index in [1.54, 1.807) is 0 Å². The van der Waals surface area contributed by atoms with Crippen molar-refractivity contribution in [3.63, 3.8) is 0 Å². The molecule has 1 unspecified atom stereocenters. The average molecular weight is 270 g/mol. The zero-order valence-corrected chi connectivity index (χ0v) is 12.7. The van der Waals surface area contributed by atoms with Crippen LogP contribution in [0.15, 0.2) is 0 Å². The predicted molar refractivity (Wildman–Crippen MR) is 77.9 cm³/mol. The molecule has 2 rings (SSSR count). The van der Waals surface area contributed by atoms with Crippen molar-refractivity contribution in [3.05, 3.63) is 0 Å². The molecule has 2 saturated heterocycles. The average Bonchev–Trinajstić information content (AvgIpc) is 2.75. The Morgan fingerprint density at radius 2 is 2.11 bits per heavy atom. The van der Waals surface area contributed by atoms with Crippen molar-refractivity contribution in [3.8, 4) is 0 Å². The van der Waals surface area contributed by atoms with E-state index in [2.05, 4.69) is 31.0 Å². The Kier molecular flexibility index (Phi) is 4.27. The Bertz CT molecular complexity index is 311. The van der Waals surface area contributed by atoms with Gasteiger partial charge < -0.3 is 10.2 Å². The van der Waals surface area contributed by atoms with Gasteiger partial charge >= 0.3 is 0 Å². The lowest BCUT2D eigenvalue weighted by Crippen LogP contribution is -2.46. The minimum Gasteiger partial charge on any atom is -0.341 e. The first-order valence-electron chi connectivity index (χ1n) is 7.13. The molecule has 104 valence electrons. The number of carbonyl (C=O) groups is 1. The Balaban J connectivity index is 2.04. The first-order valence-corrected chi connectivity index (χ1v) is 8.12. The van der Waals surface area contributed by atoms with Crippen molar-refractivity contribution in [2.75, 3.05) is 31.9 Å². The molecule has 2 aliphatic heterocycles. The number of hydrogen-bond donors (Lipinski definition) is 1. The second-order valence-corrected chi connectivity index (χ2v) is 8.01. The summed E-state index contributed by atoms with van der Waals surface area (Å²) < 4.78 is 0.322. The molecule has 1 amide bonds. The van der Waals surface area contributed by atoms with Crippen LogP contribution in [0.4, 0.5) is 0 Å². The van der Waals surface area contributed by atoms with E-state index in [-0.39, 0.29) is 5.41 Å². The fourth-order valence-electron chi connectivity index (χ4n) is 2.94. The summed E-state index contributed by atoms with van der Waals surface area (Å²) in [5.74, 6) is 1.47. The highest BCUT2D eigenvalue weighted by molar-refractivity contribution is 8.00. The highest BCUT2D eigenvalue weighted by Crippen LogP contribution is 2.35. The lowest BCUT2D eigenvalue weighted by Gasteiger charge is -2.32. The third-order valence-electron chi connectivity index (χ3n) is 4.50. The third kappa shape index (κ3) is 2.85. The number of amides is 1. The molecule has 2 heterocycles. The molecule has 4 heteroatoms. The van der Waals surface area contributed by atoms with Crippen LogP contribution in [0, 0.1) is 5.41 Å². The molecular formula is C14H26N2OS. The van der Waals surface area contributed by atoms with E-state index in [9.17, 15) is 4.79 Å². The van der Waals surface area contributed by atoms with E-state index in [0.717, 1.165) is 51.2 Å². The number of rotatable bonds is 2. The van der Waals surface area contributed by atoms with Crippen LogP contribution in [0.25, 0.3) is 0 Å². The van der Waals surface area contributed by atoms with Crippen LogP contribution in [-0.2, 0) is 4.79 Å². The molecular weight excluding hydrogens is 244 g/mol. The summed E-state index contributed by atoms with van der Waals surface area (Å²) >= 11 is 2.00. The van der Waals surface area contributed by atoms with Crippen LogP contribution in [-0.4, -0.2) is 47.5 Å². The minimum absolute atomic E-state index is 0.112. The maximum Gasteiger partial charge on any atom is 0.230 e. The number of nitrogens with zero attached hydrogens (tertiary/aromatic N) is 1. The third-order valence-corrected chi connectivity index (χ3v) is 5.87. The highest BCUT2D eigenvalue weighted by Gasteiger charge is 2.42. The Morgan fingerprint density at radius 3 is 2.72 bits per heavy atom. The van der Waals surface area contributed by atoms with Gasteiger partial charge in [0.1, 0.15) is 0 Å². The number of carbonyl (C=O) groups excluding carboxylic acids is 1. The fourth-order valence-corrected chi connectivity index (χ4v) is 4.04. The van der Waals surface area contributed by atoms with Crippen molar-refractivity contribution in [1.82, 2.24) is 10.2 Å². The molecule has 2 aliphatic rings. The second-order valence-electron chi connectivity index (χ2n) is 6.21. The molecule has 3 nitrogen and oxygen atoms in total. The maximum atomic E-state index is 12.8. The fraction of sp³-hybridized carbons (Fsp3) is 0.929. The van der Waals surface area contributed by atoms with Gasteiger partial charge in [0.15, 0.2) is 0 Å². The standard InChI is InChI=1S/C14H26N2OS/c1-4-14(5-7-15-11-14)12(17)16-8-6-13(2,3)18-10-9-16/h15H,4-11H2,1-3H3. The van der Waals surface area contributed by atoms with E-state index in [4.69, 9.17) is 0 Å². The number of nitrogens with one attached hydrogen (secondary N) is 1. The summed E-state index contributed by atoms with van der Waals surface area (Å²) in [4.78, 5) is 14.9. The largest absolute Gasteiger partial charge is 0.341 e.